The molecule has 3 unspecified atom stereocenters. The zero-order valence-corrected chi connectivity index (χ0v) is 11.4. The molecule has 2 saturated heterocycles. The highest BCUT2D eigenvalue weighted by atomic mass is 35.5. The quantitative estimate of drug-likeness (QED) is 0.922. The Bertz CT molecular complexity index is 618. The minimum absolute atomic E-state index is 0.162. The second-order valence-electron chi connectivity index (χ2n) is 5.06. The summed E-state index contributed by atoms with van der Waals surface area (Å²) in [6.07, 6.45) is 8.92. The standard InChI is InChI=1S/C12H13ClN6O/c13-10-16-11(15-8-5-7-1-2-9(8)20-7)18-12(17-10)19-4-3-14-6-19/h3-4,6-9H,1-2,5H2,(H,15,16,17,18). The number of aromatic nitrogens is 5. The van der Waals surface area contributed by atoms with Crippen molar-refractivity contribution < 1.29 is 4.74 Å². The monoisotopic (exact) mass is 292 g/mol. The first-order valence-electron chi connectivity index (χ1n) is 6.60. The van der Waals surface area contributed by atoms with Gasteiger partial charge >= 0.3 is 0 Å². The molecular formula is C12H13ClN6O. The number of rotatable bonds is 3. The van der Waals surface area contributed by atoms with Gasteiger partial charge in [-0.25, -0.2) is 4.98 Å². The van der Waals surface area contributed by atoms with Crippen molar-refractivity contribution in [2.45, 2.75) is 37.5 Å². The van der Waals surface area contributed by atoms with Crippen LogP contribution >= 0.6 is 11.6 Å². The van der Waals surface area contributed by atoms with E-state index in [0.717, 1.165) is 19.3 Å². The fourth-order valence-corrected chi connectivity index (χ4v) is 3.01. The van der Waals surface area contributed by atoms with Crippen LogP contribution in [0.15, 0.2) is 18.7 Å². The average Bonchev–Trinajstić information content (AvgIpc) is 3.16. The Hall–Kier alpha value is -1.73. The lowest BCUT2D eigenvalue weighted by molar-refractivity contribution is 0.102. The van der Waals surface area contributed by atoms with E-state index >= 15 is 0 Å². The van der Waals surface area contributed by atoms with Gasteiger partial charge in [-0.1, -0.05) is 0 Å². The first-order valence-corrected chi connectivity index (χ1v) is 6.97. The zero-order chi connectivity index (χ0) is 13.5. The average molecular weight is 293 g/mol. The van der Waals surface area contributed by atoms with E-state index in [4.69, 9.17) is 16.3 Å². The number of imidazole rings is 1. The first-order chi connectivity index (χ1) is 9.78. The van der Waals surface area contributed by atoms with Crippen molar-refractivity contribution in [3.8, 4) is 5.95 Å². The fraction of sp³-hybridized carbons (Fsp3) is 0.500. The third kappa shape index (κ3) is 2.12. The van der Waals surface area contributed by atoms with Crippen molar-refractivity contribution in [2.24, 2.45) is 0 Å². The lowest BCUT2D eigenvalue weighted by atomic mass is 9.96. The van der Waals surface area contributed by atoms with Crippen molar-refractivity contribution in [1.29, 1.82) is 0 Å². The largest absolute Gasteiger partial charge is 0.373 e. The molecule has 8 heteroatoms. The maximum Gasteiger partial charge on any atom is 0.241 e. The molecule has 2 bridgehead atoms. The van der Waals surface area contributed by atoms with Crippen LogP contribution in [0.25, 0.3) is 5.95 Å². The zero-order valence-electron chi connectivity index (χ0n) is 10.6. The molecule has 20 heavy (non-hydrogen) atoms. The van der Waals surface area contributed by atoms with E-state index < -0.39 is 0 Å². The van der Waals surface area contributed by atoms with Gasteiger partial charge in [0.1, 0.15) is 6.33 Å². The Labute approximate surface area is 120 Å². The van der Waals surface area contributed by atoms with E-state index in [9.17, 15) is 0 Å². The molecule has 0 amide bonds. The Balaban J connectivity index is 1.59. The maximum atomic E-state index is 5.96. The molecule has 2 aromatic heterocycles. The Morgan fingerprint density at radius 1 is 1.30 bits per heavy atom. The highest BCUT2D eigenvalue weighted by Crippen LogP contribution is 2.35. The van der Waals surface area contributed by atoms with Gasteiger partial charge in [-0.05, 0) is 30.9 Å². The summed E-state index contributed by atoms with van der Waals surface area (Å²) in [4.78, 5) is 16.6. The third-order valence-electron chi connectivity index (χ3n) is 3.75. The molecular weight excluding hydrogens is 280 g/mol. The molecule has 0 spiro atoms. The normalized spacial score (nSPS) is 27.9. The molecule has 3 atom stereocenters. The molecule has 0 aliphatic carbocycles. The summed E-state index contributed by atoms with van der Waals surface area (Å²) < 4.78 is 7.50. The van der Waals surface area contributed by atoms with Crippen molar-refractivity contribution in [3.63, 3.8) is 0 Å². The van der Waals surface area contributed by atoms with Crippen LogP contribution in [0.5, 0.6) is 0 Å². The number of ether oxygens (including phenoxy) is 1. The van der Waals surface area contributed by atoms with Crippen molar-refractivity contribution >= 4 is 17.5 Å². The molecule has 0 saturated carbocycles. The number of nitrogens with zero attached hydrogens (tertiary/aromatic N) is 5. The lowest BCUT2D eigenvalue weighted by Gasteiger charge is -2.20. The smallest absolute Gasteiger partial charge is 0.241 e. The Kier molecular flexibility index (Phi) is 2.82. The maximum absolute atomic E-state index is 5.96. The van der Waals surface area contributed by atoms with Crippen molar-refractivity contribution in [3.05, 3.63) is 24.0 Å². The van der Waals surface area contributed by atoms with E-state index in [-0.39, 0.29) is 17.4 Å². The van der Waals surface area contributed by atoms with E-state index in [1.54, 1.807) is 23.3 Å². The highest BCUT2D eigenvalue weighted by molar-refractivity contribution is 6.28. The number of fused-ring (bicyclic) bond motifs is 2. The van der Waals surface area contributed by atoms with Gasteiger partial charge in [0.05, 0.1) is 18.2 Å². The molecule has 2 aliphatic rings. The summed E-state index contributed by atoms with van der Waals surface area (Å²) >= 11 is 5.96. The van der Waals surface area contributed by atoms with Crippen LogP contribution in [0.3, 0.4) is 0 Å². The van der Waals surface area contributed by atoms with Crippen LogP contribution in [0, 0.1) is 0 Å². The van der Waals surface area contributed by atoms with Gasteiger partial charge < -0.3 is 10.1 Å². The van der Waals surface area contributed by atoms with E-state index in [2.05, 4.69) is 25.3 Å². The minimum atomic E-state index is 0.162. The number of nitrogens with one attached hydrogen (secondary N) is 1. The van der Waals surface area contributed by atoms with Crippen LogP contribution in [0.2, 0.25) is 5.28 Å². The minimum Gasteiger partial charge on any atom is -0.373 e. The van der Waals surface area contributed by atoms with E-state index in [0.29, 0.717) is 18.0 Å². The second-order valence-corrected chi connectivity index (χ2v) is 5.40. The summed E-state index contributed by atoms with van der Waals surface area (Å²) in [5.41, 5.74) is 0. The molecule has 0 aromatic carbocycles. The third-order valence-corrected chi connectivity index (χ3v) is 3.92. The predicted molar refractivity (Wildman–Crippen MR) is 71.9 cm³/mol. The van der Waals surface area contributed by atoms with Crippen LogP contribution in [0.4, 0.5) is 5.95 Å². The predicted octanol–water partition coefficient (Wildman–Crippen LogP) is 1.44. The van der Waals surface area contributed by atoms with Crippen LogP contribution < -0.4 is 5.32 Å². The van der Waals surface area contributed by atoms with Gasteiger partial charge in [0.25, 0.3) is 0 Å². The summed E-state index contributed by atoms with van der Waals surface area (Å²) in [7, 11) is 0. The molecule has 104 valence electrons. The van der Waals surface area contributed by atoms with Gasteiger partial charge in [0, 0.05) is 12.4 Å². The first kappa shape index (κ1) is 12.0. The highest BCUT2D eigenvalue weighted by Gasteiger charge is 2.41. The molecule has 2 aromatic rings. The van der Waals surface area contributed by atoms with Gasteiger partial charge in [-0.3, -0.25) is 4.57 Å². The van der Waals surface area contributed by atoms with Crippen molar-refractivity contribution in [2.75, 3.05) is 5.32 Å². The number of halogens is 1. The number of anilines is 1. The van der Waals surface area contributed by atoms with Crippen LogP contribution in [-0.2, 0) is 4.74 Å². The topological polar surface area (TPSA) is 77.8 Å². The summed E-state index contributed by atoms with van der Waals surface area (Å²) in [5, 5.41) is 3.47. The van der Waals surface area contributed by atoms with Crippen LogP contribution in [-0.4, -0.2) is 42.8 Å². The Morgan fingerprint density at radius 2 is 2.25 bits per heavy atom. The van der Waals surface area contributed by atoms with Crippen molar-refractivity contribution in [1.82, 2.24) is 24.5 Å². The van der Waals surface area contributed by atoms with Gasteiger partial charge in [0.2, 0.25) is 17.2 Å². The number of hydrogen-bond acceptors (Lipinski definition) is 6. The summed E-state index contributed by atoms with van der Waals surface area (Å²) in [6, 6.07) is 0.253. The van der Waals surface area contributed by atoms with Crippen LogP contribution in [0.1, 0.15) is 19.3 Å². The summed E-state index contributed by atoms with van der Waals surface area (Å²) in [5.74, 6) is 0.934. The molecule has 1 N–H and O–H groups in total. The molecule has 4 heterocycles. The molecule has 7 nitrogen and oxygen atoms in total. The number of hydrogen-bond donors (Lipinski definition) is 1. The van der Waals surface area contributed by atoms with Gasteiger partial charge in [0.15, 0.2) is 0 Å². The fourth-order valence-electron chi connectivity index (χ4n) is 2.85. The SMILES string of the molecule is Clc1nc(NC2CC3CCC2O3)nc(-n2ccnc2)n1. The molecule has 2 fully saturated rings. The molecule has 2 aliphatic heterocycles. The second kappa shape index (κ2) is 4.68. The lowest BCUT2D eigenvalue weighted by Crippen LogP contribution is -2.31. The van der Waals surface area contributed by atoms with E-state index in [1.807, 2.05) is 0 Å². The molecule has 4 rings (SSSR count). The van der Waals surface area contributed by atoms with Gasteiger partial charge in [-0.15, -0.1) is 0 Å². The summed E-state index contributed by atoms with van der Waals surface area (Å²) in [6.45, 7) is 0. The van der Waals surface area contributed by atoms with E-state index in [1.165, 1.54) is 0 Å². The molecule has 0 radical (unpaired) electrons. The Morgan fingerprint density at radius 3 is 2.95 bits per heavy atom. The van der Waals surface area contributed by atoms with Gasteiger partial charge in [-0.2, -0.15) is 15.0 Å².